The maximum absolute atomic E-state index is 11.4. The predicted molar refractivity (Wildman–Crippen MR) is 70.9 cm³/mol. The second-order valence-electron chi connectivity index (χ2n) is 4.25. The van der Waals surface area contributed by atoms with Gasteiger partial charge < -0.3 is 26.7 Å². The van der Waals surface area contributed by atoms with Gasteiger partial charge in [-0.3, -0.25) is 14.4 Å². The third kappa shape index (κ3) is 9.29. The second-order valence-corrected chi connectivity index (χ2v) is 4.25. The fourth-order valence-electron chi connectivity index (χ4n) is 1.22. The summed E-state index contributed by atoms with van der Waals surface area (Å²) in [7, 11) is 0. The van der Waals surface area contributed by atoms with Crippen LogP contribution in [0.25, 0.3) is 0 Å². The molecule has 0 aliphatic rings. The van der Waals surface area contributed by atoms with Crippen LogP contribution >= 0.6 is 0 Å². The summed E-state index contributed by atoms with van der Waals surface area (Å²) in [5.41, 5.74) is 15.7. The standard InChI is InChI=1S/C12H22N3O5/c1-8(20-11(17)3-2-6-13)7-19-12(18)9(14)4-5-10(15)16/h8-9H,1-7,13-14H2,(H2,15,16). The molecule has 6 N–H and O–H groups in total. The SMILES string of the molecule is [CH2]C(COC(=O)C(N)CCC(N)=O)OC(=O)CCCN. The van der Waals surface area contributed by atoms with Gasteiger partial charge in [0.05, 0.1) is 0 Å². The Labute approximate surface area is 117 Å². The van der Waals surface area contributed by atoms with Gasteiger partial charge in [0.2, 0.25) is 5.91 Å². The average molecular weight is 288 g/mol. The molecule has 0 bridgehead atoms. The Balaban J connectivity index is 3.87. The van der Waals surface area contributed by atoms with Crippen molar-refractivity contribution in [3.8, 4) is 0 Å². The first-order valence-electron chi connectivity index (χ1n) is 6.30. The van der Waals surface area contributed by atoms with E-state index in [2.05, 4.69) is 6.92 Å². The van der Waals surface area contributed by atoms with Gasteiger partial charge in [0, 0.05) is 12.8 Å². The molecule has 0 aromatic heterocycles. The Morgan fingerprint density at radius 2 is 1.85 bits per heavy atom. The summed E-state index contributed by atoms with van der Waals surface area (Å²) in [6, 6.07) is -0.942. The Morgan fingerprint density at radius 3 is 2.40 bits per heavy atom. The number of ether oxygens (including phenoxy) is 2. The van der Waals surface area contributed by atoms with Crippen LogP contribution in [0.3, 0.4) is 0 Å². The van der Waals surface area contributed by atoms with Crippen LogP contribution in [0, 0.1) is 6.92 Å². The molecule has 0 saturated carbocycles. The van der Waals surface area contributed by atoms with E-state index in [0.717, 1.165) is 0 Å². The number of amides is 1. The highest BCUT2D eigenvalue weighted by atomic mass is 16.6. The summed E-state index contributed by atoms with van der Waals surface area (Å²) in [5.74, 6) is -1.69. The number of nitrogens with two attached hydrogens (primary N) is 3. The largest absolute Gasteiger partial charge is 0.461 e. The second kappa shape index (κ2) is 10.2. The number of primary amides is 1. The van der Waals surface area contributed by atoms with Crippen LogP contribution in [-0.4, -0.2) is 43.1 Å². The number of esters is 2. The molecule has 0 aromatic carbocycles. The molecule has 8 heteroatoms. The van der Waals surface area contributed by atoms with Gasteiger partial charge in [-0.2, -0.15) is 0 Å². The molecule has 0 fully saturated rings. The van der Waals surface area contributed by atoms with E-state index in [4.69, 9.17) is 26.7 Å². The van der Waals surface area contributed by atoms with Gasteiger partial charge in [-0.25, -0.2) is 0 Å². The molecule has 0 rings (SSSR count). The minimum atomic E-state index is -0.942. The monoisotopic (exact) mass is 288 g/mol. The number of hydrogen-bond donors (Lipinski definition) is 3. The molecule has 2 atom stereocenters. The number of carbonyl (C=O) groups is 3. The zero-order chi connectivity index (χ0) is 15.5. The van der Waals surface area contributed by atoms with Crippen LogP contribution in [0.4, 0.5) is 0 Å². The number of carbonyl (C=O) groups excluding carboxylic acids is 3. The molecule has 0 aliphatic carbocycles. The Morgan fingerprint density at radius 1 is 1.20 bits per heavy atom. The predicted octanol–water partition coefficient (Wildman–Crippen LogP) is -1.39. The summed E-state index contributed by atoms with van der Waals surface area (Å²) in [5, 5.41) is 0. The molecule has 0 spiro atoms. The van der Waals surface area contributed by atoms with Crippen molar-refractivity contribution in [2.24, 2.45) is 17.2 Å². The minimum absolute atomic E-state index is 0.00184. The molecule has 8 nitrogen and oxygen atoms in total. The molecule has 0 aromatic rings. The van der Waals surface area contributed by atoms with E-state index in [0.29, 0.717) is 13.0 Å². The van der Waals surface area contributed by atoms with Crippen molar-refractivity contribution >= 4 is 17.8 Å². The van der Waals surface area contributed by atoms with Crippen molar-refractivity contribution < 1.29 is 23.9 Å². The maximum Gasteiger partial charge on any atom is 0.323 e. The highest BCUT2D eigenvalue weighted by Crippen LogP contribution is 2.01. The fraction of sp³-hybridized carbons (Fsp3) is 0.667. The van der Waals surface area contributed by atoms with Gasteiger partial charge >= 0.3 is 11.9 Å². The average Bonchev–Trinajstić information content (AvgIpc) is 2.39. The third-order valence-corrected chi connectivity index (χ3v) is 2.30. The van der Waals surface area contributed by atoms with Gasteiger partial charge in [-0.15, -0.1) is 0 Å². The van der Waals surface area contributed by atoms with Gasteiger partial charge in [0.25, 0.3) is 0 Å². The van der Waals surface area contributed by atoms with E-state index >= 15 is 0 Å². The topological polar surface area (TPSA) is 148 Å². The molecule has 0 saturated heterocycles. The van der Waals surface area contributed by atoms with Crippen molar-refractivity contribution in [1.82, 2.24) is 0 Å². The molecule has 20 heavy (non-hydrogen) atoms. The highest BCUT2D eigenvalue weighted by Gasteiger charge is 2.18. The number of hydrogen-bond acceptors (Lipinski definition) is 7. The smallest absolute Gasteiger partial charge is 0.323 e. The Hall–Kier alpha value is -1.67. The highest BCUT2D eigenvalue weighted by molar-refractivity contribution is 5.78. The molecule has 115 valence electrons. The number of rotatable bonds is 10. The van der Waals surface area contributed by atoms with Gasteiger partial charge in [0.15, 0.2) is 0 Å². The Kier molecular flexibility index (Phi) is 9.31. The molecular formula is C12H22N3O5. The lowest BCUT2D eigenvalue weighted by Gasteiger charge is -2.15. The maximum atomic E-state index is 11.4. The van der Waals surface area contributed by atoms with E-state index < -0.39 is 30.0 Å². The zero-order valence-electron chi connectivity index (χ0n) is 11.4. The third-order valence-electron chi connectivity index (χ3n) is 2.30. The van der Waals surface area contributed by atoms with Crippen LogP contribution in [0.1, 0.15) is 25.7 Å². The summed E-state index contributed by atoms with van der Waals surface area (Å²) in [6.07, 6.45) is -0.00457. The first kappa shape index (κ1) is 18.3. The van der Waals surface area contributed by atoms with Crippen LogP contribution in [0.2, 0.25) is 0 Å². The first-order chi connectivity index (χ1) is 9.36. The molecular weight excluding hydrogens is 266 g/mol. The first-order valence-corrected chi connectivity index (χ1v) is 6.30. The van der Waals surface area contributed by atoms with Gasteiger partial charge in [-0.05, 0) is 26.3 Å². The van der Waals surface area contributed by atoms with E-state index in [-0.39, 0.29) is 25.9 Å². The van der Waals surface area contributed by atoms with Crippen molar-refractivity contribution in [3.63, 3.8) is 0 Å². The normalized spacial score (nSPS) is 13.3. The van der Waals surface area contributed by atoms with E-state index in [1.165, 1.54) is 0 Å². The van der Waals surface area contributed by atoms with Crippen LogP contribution in [0.15, 0.2) is 0 Å². The van der Waals surface area contributed by atoms with E-state index in [1.807, 2.05) is 0 Å². The van der Waals surface area contributed by atoms with Gasteiger partial charge in [0.1, 0.15) is 18.8 Å². The van der Waals surface area contributed by atoms with Crippen LogP contribution in [0.5, 0.6) is 0 Å². The lowest BCUT2D eigenvalue weighted by molar-refractivity contribution is -0.157. The lowest BCUT2D eigenvalue weighted by Crippen LogP contribution is -2.35. The molecule has 0 heterocycles. The van der Waals surface area contributed by atoms with Crippen molar-refractivity contribution in [1.29, 1.82) is 0 Å². The Bertz CT molecular complexity index is 335. The minimum Gasteiger partial charge on any atom is -0.461 e. The summed E-state index contributed by atoms with van der Waals surface area (Å²) in [4.78, 5) is 33.2. The van der Waals surface area contributed by atoms with E-state index in [1.54, 1.807) is 0 Å². The summed E-state index contributed by atoms with van der Waals surface area (Å²) in [6.45, 7) is 3.72. The van der Waals surface area contributed by atoms with Crippen molar-refractivity contribution in [3.05, 3.63) is 6.92 Å². The molecule has 2 unspecified atom stereocenters. The quantitative estimate of drug-likeness (QED) is 0.419. The molecule has 0 aliphatic heterocycles. The van der Waals surface area contributed by atoms with Crippen LogP contribution in [-0.2, 0) is 23.9 Å². The van der Waals surface area contributed by atoms with Crippen molar-refractivity contribution in [2.75, 3.05) is 13.2 Å². The van der Waals surface area contributed by atoms with Gasteiger partial charge in [-0.1, -0.05) is 0 Å². The summed E-state index contributed by atoms with van der Waals surface area (Å²) < 4.78 is 9.71. The van der Waals surface area contributed by atoms with Crippen LogP contribution < -0.4 is 17.2 Å². The molecule has 1 amide bonds. The summed E-state index contributed by atoms with van der Waals surface area (Å²) >= 11 is 0. The van der Waals surface area contributed by atoms with E-state index in [9.17, 15) is 14.4 Å². The zero-order valence-corrected chi connectivity index (χ0v) is 11.4. The fourth-order valence-corrected chi connectivity index (χ4v) is 1.22. The van der Waals surface area contributed by atoms with Crippen molar-refractivity contribution in [2.45, 2.75) is 37.8 Å². The lowest BCUT2D eigenvalue weighted by atomic mass is 10.1. The molecule has 1 radical (unpaired) electrons.